The Kier molecular flexibility index (Phi) is 5.61. The average Bonchev–Trinajstić information content (AvgIpc) is 2.27. The number of alkyl halides is 2. The second-order valence-electron chi connectivity index (χ2n) is 3.74. The third-order valence-corrected chi connectivity index (χ3v) is 2.17. The van der Waals surface area contributed by atoms with E-state index in [0.717, 1.165) is 11.1 Å². The average molecular weight is 239 g/mol. The summed E-state index contributed by atoms with van der Waals surface area (Å²) in [6, 6.07) is 7.33. The maximum absolute atomic E-state index is 12.1. The number of halogens is 2. The van der Waals surface area contributed by atoms with Crippen molar-refractivity contribution in [3.05, 3.63) is 35.4 Å². The first-order chi connectivity index (χ1) is 8.11. The van der Waals surface area contributed by atoms with E-state index in [1.807, 2.05) is 24.3 Å². The van der Waals surface area contributed by atoms with Crippen LogP contribution in [-0.2, 0) is 6.54 Å². The highest BCUT2D eigenvalue weighted by atomic mass is 19.3. The molecule has 0 atom stereocenters. The third-order valence-electron chi connectivity index (χ3n) is 2.17. The van der Waals surface area contributed by atoms with Gasteiger partial charge in [-0.2, -0.15) is 0 Å². The fourth-order valence-electron chi connectivity index (χ4n) is 1.45. The molecule has 17 heavy (non-hydrogen) atoms. The van der Waals surface area contributed by atoms with E-state index < -0.39 is 6.43 Å². The molecule has 0 saturated carbocycles. The highest BCUT2D eigenvalue weighted by Gasteiger charge is 2.07. The van der Waals surface area contributed by atoms with Gasteiger partial charge in [0.1, 0.15) is 6.61 Å². The fraction of sp³-hybridized carbons (Fsp3) is 0.385. The molecule has 0 bridgehead atoms. The molecule has 4 heteroatoms. The highest BCUT2D eigenvalue weighted by molar-refractivity contribution is 5.36. The lowest BCUT2D eigenvalue weighted by atomic mass is 10.1. The van der Waals surface area contributed by atoms with E-state index in [4.69, 9.17) is 5.11 Å². The Bertz CT molecular complexity index is 392. The van der Waals surface area contributed by atoms with Crippen LogP contribution in [0.2, 0.25) is 0 Å². The van der Waals surface area contributed by atoms with Gasteiger partial charge in [-0.25, -0.2) is 8.78 Å². The molecule has 92 valence electrons. The summed E-state index contributed by atoms with van der Waals surface area (Å²) < 4.78 is 24.2. The Hall–Kier alpha value is -1.44. The molecule has 1 N–H and O–H groups in total. The summed E-state index contributed by atoms with van der Waals surface area (Å²) in [6.07, 6.45) is -2.31. The number of aliphatic hydroxyl groups excluding tert-OH is 1. The fourth-order valence-corrected chi connectivity index (χ4v) is 1.45. The number of hydrogen-bond acceptors (Lipinski definition) is 2. The summed E-state index contributed by atoms with van der Waals surface area (Å²) in [5.41, 5.74) is 1.77. The standard InChI is InChI=1S/C13H15F2NO/c1-16(10-13(14)15)9-12-6-4-11(5-7-12)3-2-8-17/h4-7,13,17H,8-10H2,1H3. The van der Waals surface area contributed by atoms with Gasteiger partial charge in [0.15, 0.2) is 0 Å². The molecule has 0 aliphatic heterocycles. The highest BCUT2D eigenvalue weighted by Crippen LogP contribution is 2.07. The minimum atomic E-state index is -2.31. The molecule has 0 amide bonds. The normalized spacial score (nSPS) is 10.5. The molecule has 0 saturated heterocycles. The van der Waals surface area contributed by atoms with Crippen LogP contribution in [-0.4, -0.2) is 36.6 Å². The maximum atomic E-state index is 12.1. The van der Waals surface area contributed by atoms with Crippen molar-refractivity contribution >= 4 is 0 Å². The largest absolute Gasteiger partial charge is 0.384 e. The molecule has 1 aromatic rings. The van der Waals surface area contributed by atoms with E-state index in [0.29, 0.717) is 6.54 Å². The SMILES string of the molecule is CN(Cc1ccc(C#CCO)cc1)CC(F)F. The number of benzene rings is 1. The Morgan fingerprint density at radius 3 is 2.47 bits per heavy atom. The first-order valence-electron chi connectivity index (χ1n) is 5.27. The van der Waals surface area contributed by atoms with Crippen molar-refractivity contribution in [2.75, 3.05) is 20.2 Å². The van der Waals surface area contributed by atoms with Crippen LogP contribution in [0.4, 0.5) is 8.78 Å². The molecule has 2 nitrogen and oxygen atoms in total. The smallest absolute Gasteiger partial charge is 0.251 e. The molecule has 0 fully saturated rings. The van der Waals surface area contributed by atoms with Gasteiger partial charge in [0.25, 0.3) is 6.43 Å². The van der Waals surface area contributed by atoms with E-state index in [1.54, 1.807) is 11.9 Å². The van der Waals surface area contributed by atoms with Gasteiger partial charge in [-0.15, -0.1) is 0 Å². The lowest BCUT2D eigenvalue weighted by Crippen LogP contribution is -2.23. The van der Waals surface area contributed by atoms with E-state index in [-0.39, 0.29) is 13.2 Å². The zero-order valence-electron chi connectivity index (χ0n) is 9.66. The van der Waals surface area contributed by atoms with Crippen molar-refractivity contribution < 1.29 is 13.9 Å². The quantitative estimate of drug-likeness (QED) is 0.809. The van der Waals surface area contributed by atoms with Crippen molar-refractivity contribution in [2.45, 2.75) is 13.0 Å². The topological polar surface area (TPSA) is 23.5 Å². The third kappa shape index (κ3) is 5.43. The van der Waals surface area contributed by atoms with Crippen LogP contribution >= 0.6 is 0 Å². The molecular weight excluding hydrogens is 224 g/mol. The van der Waals surface area contributed by atoms with Gasteiger partial charge >= 0.3 is 0 Å². The summed E-state index contributed by atoms with van der Waals surface area (Å²) in [5, 5.41) is 8.53. The van der Waals surface area contributed by atoms with Gasteiger partial charge in [0.2, 0.25) is 0 Å². The monoisotopic (exact) mass is 239 g/mol. The Morgan fingerprint density at radius 1 is 1.29 bits per heavy atom. The molecule has 0 radical (unpaired) electrons. The predicted molar refractivity (Wildman–Crippen MR) is 62.7 cm³/mol. The van der Waals surface area contributed by atoms with Gasteiger partial charge in [-0.1, -0.05) is 24.0 Å². The Morgan fingerprint density at radius 2 is 1.94 bits per heavy atom. The number of hydrogen-bond donors (Lipinski definition) is 1. The van der Waals surface area contributed by atoms with E-state index >= 15 is 0 Å². The van der Waals surface area contributed by atoms with E-state index in [9.17, 15) is 8.78 Å². The van der Waals surface area contributed by atoms with Crippen LogP contribution in [0.15, 0.2) is 24.3 Å². The minimum absolute atomic E-state index is 0.168. The van der Waals surface area contributed by atoms with E-state index in [1.165, 1.54) is 0 Å². The second kappa shape index (κ2) is 7.00. The van der Waals surface area contributed by atoms with Gasteiger partial charge in [0.05, 0.1) is 6.54 Å². The molecule has 0 unspecified atom stereocenters. The van der Waals surface area contributed by atoms with Crippen molar-refractivity contribution in [1.29, 1.82) is 0 Å². The number of rotatable bonds is 4. The lowest BCUT2D eigenvalue weighted by Gasteiger charge is -2.15. The van der Waals surface area contributed by atoms with Gasteiger partial charge < -0.3 is 5.11 Å². The summed E-state index contributed by atoms with van der Waals surface area (Å²) in [5.74, 6) is 5.32. The molecule has 0 aliphatic carbocycles. The molecule has 1 rings (SSSR count). The molecule has 0 heterocycles. The van der Waals surface area contributed by atoms with Crippen LogP contribution in [0.3, 0.4) is 0 Å². The molecule has 0 spiro atoms. The number of nitrogens with zero attached hydrogens (tertiary/aromatic N) is 1. The van der Waals surface area contributed by atoms with E-state index in [2.05, 4.69) is 11.8 Å². The van der Waals surface area contributed by atoms with Crippen molar-refractivity contribution in [3.8, 4) is 11.8 Å². The molecular formula is C13H15F2NO. The number of aliphatic hydroxyl groups is 1. The maximum Gasteiger partial charge on any atom is 0.251 e. The van der Waals surface area contributed by atoms with Crippen molar-refractivity contribution in [1.82, 2.24) is 4.90 Å². The molecule has 0 aliphatic rings. The van der Waals surface area contributed by atoms with Crippen molar-refractivity contribution in [2.24, 2.45) is 0 Å². The zero-order chi connectivity index (χ0) is 12.7. The van der Waals surface area contributed by atoms with Crippen LogP contribution in [0.1, 0.15) is 11.1 Å². The van der Waals surface area contributed by atoms with Crippen LogP contribution in [0, 0.1) is 11.8 Å². The van der Waals surface area contributed by atoms with Crippen LogP contribution < -0.4 is 0 Å². The predicted octanol–water partition coefficient (Wildman–Crippen LogP) is 1.73. The first kappa shape index (κ1) is 13.6. The zero-order valence-corrected chi connectivity index (χ0v) is 9.66. The minimum Gasteiger partial charge on any atom is -0.384 e. The second-order valence-corrected chi connectivity index (χ2v) is 3.74. The van der Waals surface area contributed by atoms with Crippen molar-refractivity contribution in [3.63, 3.8) is 0 Å². The summed E-state index contributed by atoms with van der Waals surface area (Å²) in [7, 11) is 1.66. The molecule has 1 aromatic carbocycles. The van der Waals surface area contributed by atoms with Gasteiger partial charge in [0, 0.05) is 12.1 Å². The van der Waals surface area contributed by atoms with Crippen LogP contribution in [0.5, 0.6) is 0 Å². The van der Waals surface area contributed by atoms with Gasteiger partial charge in [-0.05, 0) is 24.7 Å². The van der Waals surface area contributed by atoms with Gasteiger partial charge in [-0.3, -0.25) is 4.90 Å². The van der Waals surface area contributed by atoms with Crippen LogP contribution in [0.25, 0.3) is 0 Å². The molecule has 0 aromatic heterocycles. The Labute approximate surface area is 99.9 Å². The summed E-state index contributed by atoms with van der Waals surface area (Å²) >= 11 is 0. The Balaban J connectivity index is 2.56. The lowest BCUT2D eigenvalue weighted by molar-refractivity contribution is 0.0975. The summed E-state index contributed by atoms with van der Waals surface area (Å²) in [6.45, 7) is 0.0863. The summed E-state index contributed by atoms with van der Waals surface area (Å²) in [4.78, 5) is 1.57. The first-order valence-corrected chi connectivity index (χ1v) is 5.27.